The Labute approximate surface area is 111 Å². The topological polar surface area (TPSA) is 55.1 Å². The summed E-state index contributed by atoms with van der Waals surface area (Å²) in [5, 5.41) is 3.91. The van der Waals surface area contributed by atoms with E-state index in [4.69, 9.17) is 5.73 Å². The molecule has 1 atom stereocenters. The number of carbonyl (C=O) groups is 1. The van der Waals surface area contributed by atoms with Crippen molar-refractivity contribution >= 4 is 16.7 Å². The average Bonchev–Trinajstić information content (AvgIpc) is 2.45. The molecule has 1 amide bonds. The molecule has 0 aliphatic rings. The van der Waals surface area contributed by atoms with Crippen LogP contribution in [0.4, 0.5) is 4.39 Å². The summed E-state index contributed by atoms with van der Waals surface area (Å²) in [5.41, 5.74) is 5.99. The Bertz CT molecular complexity index is 598. The van der Waals surface area contributed by atoms with E-state index >= 15 is 0 Å². The first-order chi connectivity index (χ1) is 9.13. The van der Waals surface area contributed by atoms with Gasteiger partial charge in [-0.1, -0.05) is 31.2 Å². The maximum absolute atomic E-state index is 13.7. The highest BCUT2D eigenvalue weighted by atomic mass is 19.1. The Morgan fingerprint density at radius 1 is 1.26 bits per heavy atom. The van der Waals surface area contributed by atoms with E-state index in [2.05, 4.69) is 5.32 Å². The molecule has 2 aromatic carbocycles. The first kappa shape index (κ1) is 13.5. The zero-order valence-electron chi connectivity index (χ0n) is 10.8. The van der Waals surface area contributed by atoms with Gasteiger partial charge in [-0.25, -0.2) is 4.39 Å². The van der Waals surface area contributed by atoms with Gasteiger partial charge in [0, 0.05) is 17.5 Å². The first-order valence-electron chi connectivity index (χ1n) is 6.29. The smallest absolute Gasteiger partial charge is 0.251 e. The summed E-state index contributed by atoms with van der Waals surface area (Å²) in [6.45, 7) is 2.99. The maximum Gasteiger partial charge on any atom is 0.251 e. The highest BCUT2D eigenvalue weighted by molar-refractivity contribution is 6.07. The summed E-state index contributed by atoms with van der Waals surface area (Å²) in [4.78, 5) is 12.1. The summed E-state index contributed by atoms with van der Waals surface area (Å²) < 4.78 is 13.7. The van der Waals surface area contributed by atoms with Crippen LogP contribution in [0.2, 0.25) is 0 Å². The van der Waals surface area contributed by atoms with Crippen LogP contribution < -0.4 is 11.1 Å². The molecule has 2 rings (SSSR count). The first-order valence-corrected chi connectivity index (χ1v) is 6.29. The highest BCUT2D eigenvalue weighted by Gasteiger charge is 2.12. The van der Waals surface area contributed by atoms with Crippen LogP contribution in [0.5, 0.6) is 0 Å². The molecule has 0 aliphatic heterocycles. The van der Waals surface area contributed by atoms with Crippen molar-refractivity contribution in [1.29, 1.82) is 0 Å². The summed E-state index contributed by atoms with van der Waals surface area (Å²) in [5.74, 6) is -0.297. The van der Waals surface area contributed by atoms with Gasteiger partial charge in [-0.2, -0.15) is 0 Å². The molecule has 0 aromatic heterocycles. The molecular formula is C15H17FN2O. The van der Waals surface area contributed by atoms with Crippen LogP contribution >= 0.6 is 0 Å². The lowest BCUT2D eigenvalue weighted by atomic mass is 10.0. The van der Waals surface area contributed by atoms with Gasteiger partial charge in [0.2, 0.25) is 0 Å². The van der Waals surface area contributed by atoms with Gasteiger partial charge in [0.05, 0.1) is 0 Å². The normalized spacial score (nSPS) is 12.4. The second kappa shape index (κ2) is 5.80. The fraction of sp³-hybridized carbons (Fsp3) is 0.267. The third-order valence-electron chi connectivity index (χ3n) is 3.13. The van der Waals surface area contributed by atoms with Crippen molar-refractivity contribution in [3.63, 3.8) is 0 Å². The third kappa shape index (κ3) is 2.90. The summed E-state index contributed by atoms with van der Waals surface area (Å²) >= 11 is 0. The molecule has 3 nitrogen and oxygen atoms in total. The number of carbonyl (C=O) groups excluding carboxylic acids is 1. The van der Waals surface area contributed by atoms with Crippen molar-refractivity contribution in [3.8, 4) is 0 Å². The van der Waals surface area contributed by atoms with Crippen molar-refractivity contribution in [2.75, 3.05) is 13.1 Å². The standard InChI is InChI=1S/C15H17FN2O/c1-10(8-17)9-18-15(19)13-6-7-14(16)12-5-3-2-4-11(12)13/h2-7,10H,8-9,17H2,1H3,(H,18,19). The molecule has 2 aromatic rings. The SMILES string of the molecule is CC(CN)CNC(=O)c1ccc(F)c2ccccc12. The monoisotopic (exact) mass is 260 g/mol. The third-order valence-corrected chi connectivity index (χ3v) is 3.13. The van der Waals surface area contributed by atoms with Gasteiger partial charge in [-0.3, -0.25) is 4.79 Å². The number of amides is 1. The Balaban J connectivity index is 2.30. The molecule has 0 fully saturated rings. The molecule has 19 heavy (non-hydrogen) atoms. The molecular weight excluding hydrogens is 243 g/mol. The fourth-order valence-electron chi connectivity index (χ4n) is 1.91. The van der Waals surface area contributed by atoms with E-state index in [1.54, 1.807) is 24.3 Å². The number of benzene rings is 2. The number of rotatable bonds is 4. The van der Waals surface area contributed by atoms with Gasteiger partial charge >= 0.3 is 0 Å². The van der Waals surface area contributed by atoms with E-state index in [0.29, 0.717) is 29.4 Å². The summed E-state index contributed by atoms with van der Waals surface area (Å²) in [6, 6.07) is 9.80. The molecule has 0 spiro atoms. The van der Waals surface area contributed by atoms with E-state index in [-0.39, 0.29) is 17.6 Å². The number of hydrogen-bond acceptors (Lipinski definition) is 2. The Hall–Kier alpha value is -1.94. The van der Waals surface area contributed by atoms with Crippen LogP contribution in [0.3, 0.4) is 0 Å². The van der Waals surface area contributed by atoms with Gasteiger partial charge < -0.3 is 11.1 Å². The van der Waals surface area contributed by atoms with Gasteiger partial charge in [-0.15, -0.1) is 0 Å². The lowest BCUT2D eigenvalue weighted by molar-refractivity contribution is 0.0950. The fourth-order valence-corrected chi connectivity index (χ4v) is 1.91. The van der Waals surface area contributed by atoms with Gasteiger partial charge in [-0.05, 0) is 30.0 Å². The van der Waals surface area contributed by atoms with Crippen molar-refractivity contribution in [3.05, 3.63) is 47.8 Å². The Morgan fingerprint density at radius 3 is 2.63 bits per heavy atom. The lowest BCUT2D eigenvalue weighted by Crippen LogP contribution is -2.31. The van der Waals surface area contributed by atoms with Crippen molar-refractivity contribution in [2.24, 2.45) is 11.7 Å². The zero-order chi connectivity index (χ0) is 13.8. The molecule has 100 valence electrons. The Morgan fingerprint density at radius 2 is 1.95 bits per heavy atom. The van der Waals surface area contributed by atoms with E-state index in [0.717, 1.165) is 0 Å². The van der Waals surface area contributed by atoms with E-state index in [1.807, 2.05) is 6.92 Å². The van der Waals surface area contributed by atoms with Crippen molar-refractivity contribution in [1.82, 2.24) is 5.32 Å². The molecule has 0 bridgehead atoms. The number of nitrogens with two attached hydrogens (primary N) is 1. The van der Waals surface area contributed by atoms with Crippen LogP contribution in [0.1, 0.15) is 17.3 Å². The van der Waals surface area contributed by atoms with Crippen molar-refractivity contribution < 1.29 is 9.18 Å². The van der Waals surface area contributed by atoms with Crippen LogP contribution in [0.25, 0.3) is 10.8 Å². The quantitative estimate of drug-likeness (QED) is 0.886. The number of halogens is 1. The van der Waals surface area contributed by atoms with Gasteiger partial charge in [0.1, 0.15) is 5.82 Å². The van der Waals surface area contributed by atoms with Crippen molar-refractivity contribution in [2.45, 2.75) is 6.92 Å². The van der Waals surface area contributed by atoms with Gasteiger partial charge in [0.25, 0.3) is 5.91 Å². The maximum atomic E-state index is 13.7. The molecule has 0 aliphatic carbocycles. The van der Waals surface area contributed by atoms with Crippen LogP contribution in [0.15, 0.2) is 36.4 Å². The summed E-state index contributed by atoms with van der Waals surface area (Å²) in [7, 11) is 0. The van der Waals surface area contributed by atoms with E-state index in [1.165, 1.54) is 12.1 Å². The number of fused-ring (bicyclic) bond motifs is 1. The number of nitrogens with one attached hydrogen (secondary N) is 1. The molecule has 0 heterocycles. The van der Waals surface area contributed by atoms with Crippen LogP contribution in [-0.2, 0) is 0 Å². The number of hydrogen-bond donors (Lipinski definition) is 2. The minimum atomic E-state index is -0.317. The summed E-state index contributed by atoms with van der Waals surface area (Å²) in [6.07, 6.45) is 0. The van der Waals surface area contributed by atoms with Crippen LogP contribution in [0, 0.1) is 11.7 Å². The second-order valence-corrected chi connectivity index (χ2v) is 4.69. The minimum Gasteiger partial charge on any atom is -0.352 e. The molecule has 0 saturated heterocycles. The minimum absolute atomic E-state index is 0.198. The predicted octanol–water partition coefficient (Wildman–Crippen LogP) is 2.30. The molecule has 4 heteroatoms. The second-order valence-electron chi connectivity index (χ2n) is 4.69. The van der Waals surface area contributed by atoms with Gasteiger partial charge in [0.15, 0.2) is 0 Å². The zero-order valence-corrected chi connectivity index (χ0v) is 10.8. The largest absolute Gasteiger partial charge is 0.352 e. The predicted molar refractivity (Wildman–Crippen MR) is 74.5 cm³/mol. The highest BCUT2D eigenvalue weighted by Crippen LogP contribution is 2.21. The van der Waals surface area contributed by atoms with E-state index in [9.17, 15) is 9.18 Å². The molecule has 3 N–H and O–H groups in total. The average molecular weight is 260 g/mol. The van der Waals surface area contributed by atoms with E-state index < -0.39 is 0 Å². The molecule has 0 radical (unpaired) electrons. The molecule has 0 saturated carbocycles. The Kier molecular flexibility index (Phi) is 4.12. The lowest BCUT2D eigenvalue weighted by Gasteiger charge is -2.11. The van der Waals surface area contributed by atoms with Crippen LogP contribution in [-0.4, -0.2) is 19.0 Å². The molecule has 1 unspecified atom stereocenters.